The topological polar surface area (TPSA) is 81.8 Å². The molecule has 2 aliphatic heterocycles. The highest BCUT2D eigenvalue weighted by atomic mass is 16.5. The summed E-state index contributed by atoms with van der Waals surface area (Å²) >= 11 is 0. The molecule has 1 aromatic rings. The second-order valence-corrected chi connectivity index (χ2v) is 8.03. The van der Waals surface area contributed by atoms with Crippen LogP contribution in [0, 0.1) is 0 Å². The molecule has 0 aliphatic carbocycles. The summed E-state index contributed by atoms with van der Waals surface area (Å²) in [7, 11) is 0. The monoisotopic (exact) mass is 350 g/mol. The van der Waals surface area contributed by atoms with Gasteiger partial charge < -0.3 is 19.8 Å². The number of aliphatic hydroxyl groups excluding tert-OH is 1. The van der Waals surface area contributed by atoms with Crippen molar-refractivity contribution in [2.24, 2.45) is 0 Å². The predicted octanol–water partition coefficient (Wildman–Crippen LogP) is 1.24. The molecule has 140 valence electrons. The molecule has 3 rings (SSSR count). The van der Waals surface area contributed by atoms with Crippen LogP contribution in [-0.2, 0) is 6.54 Å². The summed E-state index contributed by atoms with van der Waals surface area (Å²) in [6, 6.07) is 1.71. The summed E-state index contributed by atoms with van der Waals surface area (Å²) in [5.74, 6) is 0.467. The smallest absolute Gasteiger partial charge is 0.273 e. The van der Waals surface area contributed by atoms with Crippen LogP contribution in [0.3, 0.4) is 0 Å². The summed E-state index contributed by atoms with van der Waals surface area (Å²) in [5.41, 5.74) is 0.0133. The summed E-state index contributed by atoms with van der Waals surface area (Å²) < 4.78 is 5.33. The first-order valence-electron chi connectivity index (χ1n) is 9.32. The van der Waals surface area contributed by atoms with Crippen LogP contribution in [0.2, 0.25) is 0 Å². The van der Waals surface area contributed by atoms with E-state index in [1.54, 1.807) is 6.07 Å². The van der Waals surface area contributed by atoms with Crippen molar-refractivity contribution >= 4 is 5.91 Å². The number of β-amino-alcohol motifs (C(OH)–C–C–N with tert-alkyl or cyclic N) is 1. The van der Waals surface area contributed by atoms with Gasteiger partial charge in [-0.15, -0.1) is 0 Å². The number of aromatic nitrogens is 1. The van der Waals surface area contributed by atoms with Gasteiger partial charge in [-0.2, -0.15) is 0 Å². The molecule has 0 unspecified atom stereocenters. The van der Waals surface area contributed by atoms with Crippen molar-refractivity contribution in [1.29, 1.82) is 0 Å². The number of aliphatic hydroxyl groups is 1. The van der Waals surface area contributed by atoms with Crippen molar-refractivity contribution in [1.82, 2.24) is 20.3 Å². The van der Waals surface area contributed by atoms with Crippen LogP contribution in [0.5, 0.6) is 0 Å². The number of likely N-dealkylation sites (tertiary alicyclic amines) is 2. The first-order valence-corrected chi connectivity index (χ1v) is 9.32. The molecule has 2 aliphatic rings. The molecule has 2 saturated heterocycles. The largest absolute Gasteiger partial charge is 0.392 e. The molecule has 3 heterocycles. The molecule has 25 heavy (non-hydrogen) atoms. The van der Waals surface area contributed by atoms with Gasteiger partial charge in [0, 0.05) is 24.7 Å². The molecule has 2 N–H and O–H groups in total. The van der Waals surface area contributed by atoms with Gasteiger partial charge in [-0.1, -0.05) is 5.16 Å². The molecular weight excluding hydrogens is 320 g/mol. The fourth-order valence-corrected chi connectivity index (χ4v) is 3.80. The van der Waals surface area contributed by atoms with Crippen LogP contribution in [-0.4, -0.2) is 70.3 Å². The van der Waals surface area contributed by atoms with Crippen LogP contribution >= 0.6 is 0 Å². The molecule has 0 aromatic carbocycles. The Balaban J connectivity index is 1.52. The van der Waals surface area contributed by atoms with Gasteiger partial charge in [-0.05, 0) is 59.2 Å². The second-order valence-electron chi connectivity index (χ2n) is 8.03. The maximum atomic E-state index is 12.5. The normalized spacial score (nSPS) is 23.1. The lowest BCUT2D eigenvalue weighted by Gasteiger charge is -2.30. The predicted molar refractivity (Wildman–Crippen MR) is 94.2 cm³/mol. The van der Waals surface area contributed by atoms with Crippen LogP contribution < -0.4 is 5.32 Å². The van der Waals surface area contributed by atoms with E-state index in [-0.39, 0.29) is 17.6 Å². The van der Waals surface area contributed by atoms with E-state index < -0.39 is 0 Å². The highest BCUT2D eigenvalue weighted by Crippen LogP contribution is 2.16. The number of nitrogens with zero attached hydrogens (tertiary/aromatic N) is 3. The van der Waals surface area contributed by atoms with Crippen LogP contribution in [0.15, 0.2) is 10.6 Å². The molecule has 0 radical (unpaired) electrons. The number of amides is 1. The van der Waals surface area contributed by atoms with Gasteiger partial charge in [-0.3, -0.25) is 9.69 Å². The van der Waals surface area contributed by atoms with E-state index in [2.05, 4.69) is 20.3 Å². The molecule has 0 saturated carbocycles. The van der Waals surface area contributed by atoms with E-state index in [9.17, 15) is 9.90 Å². The first kappa shape index (κ1) is 18.4. The van der Waals surface area contributed by atoms with E-state index in [0.717, 1.165) is 39.0 Å². The molecule has 1 atom stereocenters. The Morgan fingerprint density at radius 3 is 2.76 bits per heavy atom. The quantitative estimate of drug-likeness (QED) is 0.803. The van der Waals surface area contributed by atoms with Crippen molar-refractivity contribution in [2.45, 2.75) is 57.7 Å². The Labute approximate surface area is 149 Å². The fourth-order valence-electron chi connectivity index (χ4n) is 3.80. The molecule has 7 nitrogen and oxygen atoms in total. The van der Waals surface area contributed by atoms with Crippen molar-refractivity contribution in [3.8, 4) is 0 Å². The summed E-state index contributed by atoms with van der Waals surface area (Å²) in [4.78, 5) is 17.0. The lowest BCUT2D eigenvalue weighted by atomic mass is 10.0. The Morgan fingerprint density at radius 2 is 2.04 bits per heavy atom. The van der Waals surface area contributed by atoms with Crippen molar-refractivity contribution in [3.05, 3.63) is 17.5 Å². The Hall–Kier alpha value is -1.44. The number of rotatable bonds is 6. The highest BCUT2D eigenvalue weighted by molar-refractivity contribution is 5.92. The molecule has 1 amide bonds. The average molecular weight is 350 g/mol. The van der Waals surface area contributed by atoms with Gasteiger partial charge in [0.25, 0.3) is 5.91 Å². The third-order valence-corrected chi connectivity index (χ3v) is 4.92. The maximum absolute atomic E-state index is 12.5. The molecule has 7 heteroatoms. The van der Waals surface area contributed by atoms with E-state index in [0.29, 0.717) is 24.5 Å². The van der Waals surface area contributed by atoms with Gasteiger partial charge in [-0.25, -0.2) is 0 Å². The van der Waals surface area contributed by atoms with Gasteiger partial charge in [0.15, 0.2) is 11.5 Å². The van der Waals surface area contributed by atoms with E-state index in [1.165, 1.54) is 12.8 Å². The zero-order chi connectivity index (χ0) is 17.9. The van der Waals surface area contributed by atoms with Crippen LogP contribution in [0.25, 0.3) is 0 Å². The zero-order valence-electron chi connectivity index (χ0n) is 15.3. The molecule has 0 spiro atoms. The van der Waals surface area contributed by atoms with Crippen molar-refractivity contribution in [3.63, 3.8) is 0 Å². The van der Waals surface area contributed by atoms with Gasteiger partial charge in [0.1, 0.15) is 0 Å². The lowest BCUT2D eigenvalue weighted by Crippen LogP contribution is -2.51. The average Bonchev–Trinajstić information content (AvgIpc) is 3.18. The fraction of sp³-hybridized carbons (Fsp3) is 0.778. The third kappa shape index (κ3) is 5.26. The number of hydrogen-bond acceptors (Lipinski definition) is 6. The molecule has 2 fully saturated rings. The van der Waals surface area contributed by atoms with Crippen molar-refractivity contribution in [2.75, 3.05) is 32.7 Å². The lowest BCUT2D eigenvalue weighted by molar-refractivity contribution is 0.0622. The zero-order valence-corrected chi connectivity index (χ0v) is 15.3. The molecule has 1 aromatic heterocycles. The van der Waals surface area contributed by atoms with Crippen molar-refractivity contribution < 1.29 is 14.4 Å². The molecular formula is C18H30N4O3. The minimum absolute atomic E-state index is 0.196. The number of hydrogen-bond donors (Lipinski definition) is 2. The number of carbonyl (C=O) groups excluding carboxylic acids is 1. The minimum Gasteiger partial charge on any atom is -0.392 e. The number of carbonyl (C=O) groups is 1. The SMILES string of the molecule is CC(C)(CN1CCCC1)NC(=O)c1cc(CN2CCC[C@H](O)C2)on1. The molecule has 0 bridgehead atoms. The van der Waals surface area contributed by atoms with E-state index in [1.807, 2.05) is 13.8 Å². The van der Waals surface area contributed by atoms with Gasteiger partial charge >= 0.3 is 0 Å². The Morgan fingerprint density at radius 1 is 1.32 bits per heavy atom. The van der Waals surface area contributed by atoms with Crippen LogP contribution in [0.1, 0.15) is 55.8 Å². The third-order valence-electron chi connectivity index (χ3n) is 4.92. The first-order chi connectivity index (χ1) is 11.9. The maximum Gasteiger partial charge on any atom is 0.273 e. The summed E-state index contributed by atoms with van der Waals surface area (Å²) in [6.07, 6.45) is 4.04. The summed E-state index contributed by atoms with van der Waals surface area (Å²) in [6.45, 7) is 9.29. The highest BCUT2D eigenvalue weighted by Gasteiger charge is 2.27. The summed E-state index contributed by atoms with van der Waals surface area (Å²) in [5, 5.41) is 16.7. The second kappa shape index (κ2) is 7.85. The number of piperidine rings is 1. The standard InChI is InChI=1S/C18H30N4O3/c1-18(2,13-21-7-3-4-8-21)19-17(24)16-10-15(25-20-16)12-22-9-5-6-14(23)11-22/h10,14,23H,3-9,11-13H2,1-2H3,(H,19,24)/t14-/m0/s1. The van der Waals surface area contributed by atoms with Gasteiger partial charge in [0.05, 0.1) is 12.6 Å². The van der Waals surface area contributed by atoms with Crippen LogP contribution in [0.4, 0.5) is 0 Å². The Kier molecular flexibility index (Phi) is 5.76. The van der Waals surface area contributed by atoms with E-state index in [4.69, 9.17) is 4.52 Å². The van der Waals surface area contributed by atoms with E-state index >= 15 is 0 Å². The Bertz CT molecular complexity index is 581. The van der Waals surface area contributed by atoms with Gasteiger partial charge in [0.2, 0.25) is 0 Å². The number of nitrogens with one attached hydrogen (secondary N) is 1. The minimum atomic E-state index is -0.308.